The van der Waals surface area contributed by atoms with Gasteiger partial charge in [0.2, 0.25) is 0 Å². The number of hydrogen-bond acceptors (Lipinski definition) is 3. The van der Waals surface area contributed by atoms with E-state index in [2.05, 4.69) is 10.1 Å². The van der Waals surface area contributed by atoms with Crippen molar-refractivity contribution in [2.45, 2.75) is 26.4 Å². The monoisotopic (exact) mass is 223 g/mol. The molecule has 1 rings (SSSR count). The maximum Gasteiger partial charge on any atom is 0.411 e. The molecule has 0 radical (unpaired) electrons. The number of amides is 1. The van der Waals surface area contributed by atoms with E-state index < -0.39 is 6.09 Å². The van der Waals surface area contributed by atoms with Gasteiger partial charge in [-0.3, -0.25) is 5.32 Å². The first-order valence-corrected chi connectivity index (χ1v) is 5.28. The van der Waals surface area contributed by atoms with Crippen molar-refractivity contribution in [2.75, 3.05) is 12.4 Å². The van der Waals surface area contributed by atoms with Crippen molar-refractivity contribution < 1.29 is 14.3 Å². The largest absolute Gasteiger partial charge is 0.489 e. The Balaban J connectivity index is 2.79. The van der Waals surface area contributed by atoms with Crippen molar-refractivity contribution in [1.29, 1.82) is 0 Å². The van der Waals surface area contributed by atoms with Gasteiger partial charge in [0.15, 0.2) is 0 Å². The molecular formula is C12H17NO3. The fourth-order valence-corrected chi connectivity index (χ4v) is 1.13. The van der Waals surface area contributed by atoms with Crippen molar-refractivity contribution in [3.63, 3.8) is 0 Å². The highest BCUT2D eigenvalue weighted by Gasteiger charge is 2.09. The lowest BCUT2D eigenvalue weighted by Crippen LogP contribution is -2.15. The molecule has 0 aliphatic rings. The SMILES string of the molecule is CCC(C)Oc1ccccc1NC(=O)OC. The van der Waals surface area contributed by atoms with Crippen LogP contribution in [0.2, 0.25) is 0 Å². The molecule has 1 aromatic carbocycles. The molecular weight excluding hydrogens is 206 g/mol. The Kier molecular flexibility index (Phi) is 4.64. The molecule has 4 heteroatoms. The van der Waals surface area contributed by atoms with E-state index in [1.165, 1.54) is 7.11 Å². The zero-order chi connectivity index (χ0) is 12.0. The van der Waals surface area contributed by atoms with Gasteiger partial charge in [0.25, 0.3) is 0 Å². The molecule has 0 saturated heterocycles. The fourth-order valence-electron chi connectivity index (χ4n) is 1.13. The van der Waals surface area contributed by atoms with E-state index >= 15 is 0 Å². The summed E-state index contributed by atoms with van der Waals surface area (Å²) >= 11 is 0. The molecule has 1 amide bonds. The first-order chi connectivity index (χ1) is 7.67. The Bertz CT molecular complexity index is 352. The summed E-state index contributed by atoms with van der Waals surface area (Å²) in [6.45, 7) is 4.02. The minimum absolute atomic E-state index is 0.112. The minimum atomic E-state index is -0.500. The Hall–Kier alpha value is -1.71. The quantitative estimate of drug-likeness (QED) is 0.853. The first kappa shape index (κ1) is 12.4. The number of hydrogen-bond donors (Lipinski definition) is 1. The summed E-state index contributed by atoms with van der Waals surface area (Å²) in [5, 5.41) is 2.60. The molecule has 88 valence electrons. The maximum atomic E-state index is 11.1. The molecule has 1 aromatic rings. The number of para-hydroxylation sites is 2. The van der Waals surface area contributed by atoms with Crippen molar-refractivity contribution in [1.82, 2.24) is 0 Å². The second-order valence-electron chi connectivity index (χ2n) is 3.45. The molecule has 1 unspecified atom stereocenters. The summed E-state index contributed by atoms with van der Waals surface area (Å²) in [4.78, 5) is 11.1. The number of carbonyl (C=O) groups excluding carboxylic acids is 1. The van der Waals surface area contributed by atoms with E-state index in [9.17, 15) is 4.79 Å². The number of anilines is 1. The second-order valence-corrected chi connectivity index (χ2v) is 3.45. The molecule has 4 nitrogen and oxygen atoms in total. The van der Waals surface area contributed by atoms with E-state index in [4.69, 9.17) is 4.74 Å². The Morgan fingerprint density at radius 2 is 2.12 bits per heavy atom. The van der Waals surface area contributed by atoms with Crippen LogP contribution in [0.1, 0.15) is 20.3 Å². The maximum absolute atomic E-state index is 11.1. The molecule has 0 aromatic heterocycles. The van der Waals surface area contributed by atoms with Crippen LogP contribution in [0, 0.1) is 0 Å². The number of carbonyl (C=O) groups is 1. The van der Waals surface area contributed by atoms with Crippen LogP contribution in [0.4, 0.5) is 10.5 Å². The molecule has 0 fully saturated rings. The molecule has 0 bridgehead atoms. The van der Waals surface area contributed by atoms with Crippen LogP contribution in [0.5, 0.6) is 5.75 Å². The van der Waals surface area contributed by atoms with Gasteiger partial charge in [-0.1, -0.05) is 19.1 Å². The molecule has 0 saturated carbocycles. The third-order valence-corrected chi connectivity index (χ3v) is 2.21. The molecule has 0 aliphatic carbocycles. The Morgan fingerprint density at radius 1 is 1.44 bits per heavy atom. The van der Waals surface area contributed by atoms with Crippen molar-refractivity contribution in [3.8, 4) is 5.75 Å². The van der Waals surface area contributed by atoms with Gasteiger partial charge >= 0.3 is 6.09 Å². The third kappa shape index (κ3) is 3.46. The van der Waals surface area contributed by atoms with E-state index in [1.807, 2.05) is 32.0 Å². The average molecular weight is 223 g/mol. The lowest BCUT2D eigenvalue weighted by molar-refractivity contribution is 0.186. The van der Waals surface area contributed by atoms with Gasteiger partial charge in [-0.2, -0.15) is 0 Å². The molecule has 0 heterocycles. The molecule has 0 aliphatic heterocycles. The predicted octanol–water partition coefficient (Wildman–Crippen LogP) is 3.04. The van der Waals surface area contributed by atoms with Gasteiger partial charge in [-0.05, 0) is 25.5 Å². The summed E-state index contributed by atoms with van der Waals surface area (Å²) in [6, 6.07) is 7.28. The van der Waals surface area contributed by atoms with Crippen molar-refractivity contribution in [3.05, 3.63) is 24.3 Å². The van der Waals surface area contributed by atoms with Gasteiger partial charge in [-0.15, -0.1) is 0 Å². The van der Waals surface area contributed by atoms with Crippen LogP contribution in [-0.4, -0.2) is 19.3 Å². The highest BCUT2D eigenvalue weighted by Crippen LogP contribution is 2.25. The van der Waals surface area contributed by atoms with Crippen LogP contribution in [0.3, 0.4) is 0 Å². The smallest absolute Gasteiger partial charge is 0.411 e. The minimum Gasteiger partial charge on any atom is -0.489 e. The molecule has 1 atom stereocenters. The van der Waals surface area contributed by atoms with Crippen LogP contribution in [0.25, 0.3) is 0 Å². The number of methoxy groups -OCH3 is 1. The van der Waals surface area contributed by atoms with E-state index in [1.54, 1.807) is 6.07 Å². The lowest BCUT2D eigenvalue weighted by Gasteiger charge is -2.15. The van der Waals surface area contributed by atoms with Crippen LogP contribution >= 0.6 is 0 Å². The summed E-state index contributed by atoms with van der Waals surface area (Å²) in [6.07, 6.45) is 0.521. The molecule has 16 heavy (non-hydrogen) atoms. The molecule has 0 spiro atoms. The fraction of sp³-hybridized carbons (Fsp3) is 0.417. The summed E-state index contributed by atoms with van der Waals surface area (Å²) in [5.41, 5.74) is 0.620. The highest BCUT2D eigenvalue weighted by atomic mass is 16.5. The van der Waals surface area contributed by atoms with Crippen LogP contribution in [0.15, 0.2) is 24.3 Å². The third-order valence-electron chi connectivity index (χ3n) is 2.21. The Labute approximate surface area is 95.6 Å². The second kappa shape index (κ2) is 6.00. The van der Waals surface area contributed by atoms with Crippen molar-refractivity contribution >= 4 is 11.8 Å². The standard InChI is InChI=1S/C12H17NO3/c1-4-9(2)16-11-8-6-5-7-10(11)13-12(14)15-3/h5-9H,4H2,1-3H3,(H,13,14). The summed E-state index contributed by atoms with van der Waals surface area (Å²) in [5.74, 6) is 0.655. The van der Waals surface area contributed by atoms with E-state index in [0.29, 0.717) is 11.4 Å². The van der Waals surface area contributed by atoms with Crippen LogP contribution in [-0.2, 0) is 4.74 Å². The van der Waals surface area contributed by atoms with E-state index in [-0.39, 0.29) is 6.10 Å². The van der Waals surface area contributed by atoms with Crippen LogP contribution < -0.4 is 10.1 Å². The van der Waals surface area contributed by atoms with Gasteiger partial charge in [0.05, 0.1) is 18.9 Å². The normalized spacial score (nSPS) is 11.7. The van der Waals surface area contributed by atoms with Gasteiger partial charge < -0.3 is 9.47 Å². The number of ether oxygens (including phenoxy) is 2. The van der Waals surface area contributed by atoms with E-state index in [0.717, 1.165) is 6.42 Å². The average Bonchev–Trinajstić information content (AvgIpc) is 2.31. The molecule has 1 N–H and O–H groups in total. The zero-order valence-corrected chi connectivity index (χ0v) is 9.82. The summed E-state index contributed by atoms with van der Waals surface area (Å²) < 4.78 is 10.2. The van der Waals surface area contributed by atoms with Gasteiger partial charge in [-0.25, -0.2) is 4.79 Å². The number of nitrogens with one attached hydrogen (secondary N) is 1. The zero-order valence-electron chi connectivity index (χ0n) is 9.82. The first-order valence-electron chi connectivity index (χ1n) is 5.28. The Morgan fingerprint density at radius 3 is 2.75 bits per heavy atom. The number of benzene rings is 1. The van der Waals surface area contributed by atoms with Crippen molar-refractivity contribution in [2.24, 2.45) is 0 Å². The number of rotatable bonds is 4. The highest BCUT2D eigenvalue weighted by molar-refractivity contribution is 5.86. The lowest BCUT2D eigenvalue weighted by atomic mass is 10.2. The topological polar surface area (TPSA) is 47.6 Å². The van der Waals surface area contributed by atoms with Gasteiger partial charge in [0.1, 0.15) is 5.75 Å². The summed E-state index contributed by atoms with van der Waals surface area (Å²) in [7, 11) is 1.33. The van der Waals surface area contributed by atoms with Gasteiger partial charge in [0, 0.05) is 0 Å². The predicted molar refractivity (Wildman–Crippen MR) is 62.9 cm³/mol.